The van der Waals surface area contributed by atoms with Crippen molar-refractivity contribution >= 4 is 51.8 Å². The zero-order valence-electron chi connectivity index (χ0n) is 11.7. The van der Waals surface area contributed by atoms with Gasteiger partial charge in [-0.3, -0.25) is 0 Å². The molecule has 0 radical (unpaired) electrons. The van der Waals surface area contributed by atoms with E-state index in [4.69, 9.17) is 44.3 Å². The maximum atomic E-state index is 6.18. The van der Waals surface area contributed by atoms with Gasteiger partial charge < -0.3 is 14.8 Å². The highest BCUT2D eigenvalue weighted by Crippen LogP contribution is 2.40. The first-order valence-electron chi connectivity index (χ1n) is 6.09. The van der Waals surface area contributed by atoms with Crippen molar-refractivity contribution in [1.82, 2.24) is 0 Å². The van der Waals surface area contributed by atoms with Gasteiger partial charge >= 0.3 is 0 Å². The third-order valence-corrected chi connectivity index (χ3v) is 4.81. The SMILES string of the molecule is COc1cc(OC)c(NC(C)c2cc(Cl)sc2Cl)cc1Cl. The van der Waals surface area contributed by atoms with Gasteiger partial charge in [0.05, 0.1) is 39.6 Å². The van der Waals surface area contributed by atoms with Crippen LogP contribution in [0.2, 0.25) is 13.7 Å². The van der Waals surface area contributed by atoms with Gasteiger partial charge in [-0.25, -0.2) is 0 Å². The third kappa shape index (κ3) is 3.69. The van der Waals surface area contributed by atoms with E-state index in [-0.39, 0.29) is 6.04 Å². The van der Waals surface area contributed by atoms with Crippen LogP contribution >= 0.6 is 46.1 Å². The van der Waals surface area contributed by atoms with E-state index in [1.807, 2.05) is 13.0 Å². The molecule has 0 aliphatic heterocycles. The van der Waals surface area contributed by atoms with Gasteiger partial charge in [0.15, 0.2) is 0 Å². The lowest BCUT2D eigenvalue weighted by Crippen LogP contribution is -2.07. The lowest BCUT2D eigenvalue weighted by atomic mass is 10.1. The minimum absolute atomic E-state index is 0.0420. The summed E-state index contributed by atoms with van der Waals surface area (Å²) in [6.07, 6.45) is 0. The molecule has 1 N–H and O–H groups in total. The number of benzene rings is 1. The van der Waals surface area contributed by atoms with E-state index < -0.39 is 0 Å². The number of anilines is 1. The highest BCUT2D eigenvalue weighted by Gasteiger charge is 2.16. The van der Waals surface area contributed by atoms with Crippen molar-refractivity contribution in [2.45, 2.75) is 13.0 Å². The molecule has 1 heterocycles. The normalized spacial score (nSPS) is 12.1. The number of thiophene rings is 1. The van der Waals surface area contributed by atoms with Gasteiger partial charge in [0, 0.05) is 11.6 Å². The third-order valence-electron chi connectivity index (χ3n) is 3.00. The molecule has 114 valence electrons. The zero-order valence-corrected chi connectivity index (χ0v) is 14.8. The smallest absolute Gasteiger partial charge is 0.145 e. The predicted molar refractivity (Wildman–Crippen MR) is 90.9 cm³/mol. The average Bonchev–Trinajstić information content (AvgIpc) is 2.78. The number of halogens is 3. The summed E-state index contributed by atoms with van der Waals surface area (Å²) in [6, 6.07) is 5.31. The Morgan fingerprint density at radius 3 is 2.24 bits per heavy atom. The summed E-state index contributed by atoms with van der Waals surface area (Å²) >= 11 is 19.7. The molecule has 0 saturated heterocycles. The molecule has 0 fully saturated rings. The summed E-state index contributed by atoms with van der Waals surface area (Å²) in [5.41, 5.74) is 1.69. The zero-order chi connectivity index (χ0) is 15.6. The minimum Gasteiger partial charge on any atom is -0.495 e. The van der Waals surface area contributed by atoms with Crippen LogP contribution < -0.4 is 14.8 Å². The van der Waals surface area contributed by atoms with Crippen molar-refractivity contribution in [2.24, 2.45) is 0 Å². The highest BCUT2D eigenvalue weighted by atomic mass is 35.5. The molecule has 1 atom stereocenters. The van der Waals surface area contributed by atoms with Gasteiger partial charge in [-0.2, -0.15) is 0 Å². The standard InChI is InChI=1S/C14H14Cl3NO2S/c1-7(8-4-13(16)21-14(8)17)18-10-5-9(15)11(19-2)6-12(10)20-3/h4-7,18H,1-3H3. The van der Waals surface area contributed by atoms with Gasteiger partial charge in [0.2, 0.25) is 0 Å². The maximum Gasteiger partial charge on any atom is 0.145 e. The Hall–Kier alpha value is -0.810. The van der Waals surface area contributed by atoms with E-state index in [9.17, 15) is 0 Å². The molecule has 1 aromatic carbocycles. The summed E-state index contributed by atoms with van der Waals surface area (Å²) in [4.78, 5) is 0. The van der Waals surface area contributed by atoms with Crippen LogP contribution in [0.5, 0.6) is 11.5 Å². The van der Waals surface area contributed by atoms with Gasteiger partial charge in [0.1, 0.15) is 11.5 Å². The quantitative estimate of drug-likeness (QED) is 0.714. The fraction of sp³-hybridized carbons (Fsp3) is 0.286. The minimum atomic E-state index is -0.0420. The number of hydrogen-bond donors (Lipinski definition) is 1. The summed E-state index contributed by atoms with van der Waals surface area (Å²) < 4.78 is 11.9. The van der Waals surface area contributed by atoms with Crippen LogP contribution in [0.15, 0.2) is 18.2 Å². The Balaban J connectivity index is 2.30. The van der Waals surface area contributed by atoms with Gasteiger partial charge in [-0.1, -0.05) is 34.8 Å². The van der Waals surface area contributed by atoms with Crippen LogP contribution in [0.25, 0.3) is 0 Å². The number of ether oxygens (including phenoxy) is 2. The molecule has 0 bridgehead atoms. The van der Waals surface area contributed by atoms with Crippen molar-refractivity contribution in [3.05, 3.63) is 37.5 Å². The molecule has 1 aromatic heterocycles. The molecular weight excluding hydrogens is 353 g/mol. The Morgan fingerprint density at radius 2 is 1.71 bits per heavy atom. The van der Waals surface area contributed by atoms with Crippen LogP contribution in [0.4, 0.5) is 5.69 Å². The molecule has 0 spiro atoms. The summed E-state index contributed by atoms with van der Waals surface area (Å²) in [6.45, 7) is 1.99. The van der Waals surface area contributed by atoms with Crippen molar-refractivity contribution in [2.75, 3.05) is 19.5 Å². The number of hydrogen-bond acceptors (Lipinski definition) is 4. The molecule has 2 aromatic rings. The predicted octanol–water partition coefficient (Wildman–Crippen LogP) is 5.90. The second kappa shape index (κ2) is 6.97. The van der Waals surface area contributed by atoms with Crippen molar-refractivity contribution < 1.29 is 9.47 Å². The van der Waals surface area contributed by atoms with Crippen LogP contribution in [-0.4, -0.2) is 14.2 Å². The Kier molecular flexibility index (Phi) is 5.49. The second-order valence-electron chi connectivity index (χ2n) is 4.33. The van der Waals surface area contributed by atoms with Gasteiger partial charge in [0.25, 0.3) is 0 Å². The molecule has 7 heteroatoms. The summed E-state index contributed by atoms with van der Waals surface area (Å²) in [5, 5.41) is 3.82. The topological polar surface area (TPSA) is 30.5 Å². The first kappa shape index (κ1) is 16.6. The van der Waals surface area contributed by atoms with Crippen LogP contribution in [0.1, 0.15) is 18.5 Å². The summed E-state index contributed by atoms with van der Waals surface area (Å²) in [7, 11) is 3.15. The van der Waals surface area contributed by atoms with E-state index >= 15 is 0 Å². The summed E-state index contributed by atoms with van der Waals surface area (Å²) in [5.74, 6) is 1.20. The molecule has 0 aliphatic rings. The Morgan fingerprint density at radius 1 is 1.05 bits per heavy atom. The Labute approximate surface area is 142 Å². The van der Waals surface area contributed by atoms with E-state index in [1.54, 1.807) is 26.4 Å². The molecular formula is C14H14Cl3NO2S. The second-order valence-corrected chi connectivity index (χ2v) is 7.03. The largest absolute Gasteiger partial charge is 0.495 e. The molecule has 1 unspecified atom stereocenters. The fourth-order valence-corrected chi connectivity index (χ4v) is 3.82. The molecule has 0 saturated carbocycles. The monoisotopic (exact) mass is 365 g/mol. The number of nitrogens with one attached hydrogen (secondary N) is 1. The number of methoxy groups -OCH3 is 2. The van der Waals surface area contributed by atoms with Crippen LogP contribution in [-0.2, 0) is 0 Å². The number of rotatable bonds is 5. The fourth-order valence-electron chi connectivity index (χ4n) is 1.93. The first-order chi connectivity index (χ1) is 9.96. The van der Waals surface area contributed by atoms with Crippen LogP contribution in [0, 0.1) is 0 Å². The van der Waals surface area contributed by atoms with Gasteiger partial charge in [-0.05, 0) is 19.1 Å². The van der Waals surface area contributed by atoms with Crippen LogP contribution in [0.3, 0.4) is 0 Å². The Bertz CT molecular complexity index is 645. The van der Waals surface area contributed by atoms with E-state index in [0.29, 0.717) is 25.2 Å². The lowest BCUT2D eigenvalue weighted by molar-refractivity contribution is 0.395. The average molecular weight is 367 g/mol. The van der Waals surface area contributed by atoms with Crippen molar-refractivity contribution in [3.63, 3.8) is 0 Å². The molecule has 3 nitrogen and oxygen atoms in total. The molecule has 2 rings (SSSR count). The highest BCUT2D eigenvalue weighted by molar-refractivity contribution is 7.20. The van der Waals surface area contributed by atoms with E-state index in [1.165, 1.54) is 11.3 Å². The lowest BCUT2D eigenvalue weighted by Gasteiger charge is -2.18. The van der Waals surface area contributed by atoms with Gasteiger partial charge in [-0.15, -0.1) is 11.3 Å². The molecule has 0 amide bonds. The van der Waals surface area contributed by atoms with Crippen molar-refractivity contribution in [1.29, 1.82) is 0 Å². The molecule has 21 heavy (non-hydrogen) atoms. The molecule has 0 aliphatic carbocycles. The van der Waals surface area contributed by atoms with E-state index in [2.05, 4.69) is 5.32 Å². The maximum absolute atomic E-state index is 6.18. The first-order valence-corrected chi connectivity index (χ1v) is 8.04. The van der Waals surface area contributed by atoms with E-state index in [0.717, 1.165) is 11.3 Å². The van der Waals surface area contributed by atoms with Crippen molar-refractivity contribution in [3.8, 4) is 11.5 Å².